The van der Waals surface area contributed by atoms with Crippen LogP contribution < -0.4 is 9.47 Å². The Morgan fingerprint density at radius 2 is 1.96 bits per heavy atom. The zero-order valence-corrected chi connectivity index (χ0v) is 28.1. The number of thiophene rings is 1. The minimum atomic E-state index is -1.04. The van der Waals surface area contributed by atoms with Crippen LogP contribution in [-0.4, -0.2) is 53.8 Å². The summed E-state index contributed by atoms with van der Waals surface area (Å²) in [6.07, 6.45) is 3.56. The normalized spacial score (nSPS) is 23.3. The quantitative estimate of drug-likeness (QED) is 0.109. The van der Waals surface area contributed by atoms with Crippen molar-refractivity contribution in [3.8, 4) is 17.2 Å². The second kappa shape index (κ2) is 13.7. The third kappa shape index (κ3) is 6.72. The predicted octanol–water partition coefficient (Wildman–Crippen LogP) is 6.33. The van der Waals surface area contributed by atoms with Gasteiger partial charge in [0.25, 0.3) is 0 Å². The molecule has 0 saturated carbocycles. The number of ether oxygens (including phenoxy) is 2. The Hall–Kier alpha value is -3.13. The van der Waals surface area contributed by atoms with Gasteiger partial charge in [-0.3, -0.25) is 14.5 Å². The molecule has 1 aromatic heterocycles. The fourth-order valence-corrected chi connectivity index (χ4v) is 8.23. The Kier molecular flexibility index (Phi) is 9.69. The molecule has 2 saturated heterocycles. The van der Waals surface area contributed by atoms with Gasteiger partial charge in [-0.25, -0.2) is 0 Å². The SMILES string of the molecule is COc1cc(/C=C(\C)CC[C@H]2OB(O)C[C@H]3C2=C(COc2ccccc2)C[C@H]2C(=O)N(Cc4cccs4)C(=O)[C@H]23)cc(I)c1O. The van der Waals surface area contributed by atoms with E-state index >= 15 is 0 Å². The van der Waals surface area contributed by atoms with Crippen LogP contribution in [0.4, 0.5) is 0 Å². The minimum absolute atomic E-state index is 0.116. The molecule has 8 nitrogen and oxygen atoms in total. The number of carbonyl (C=O) groups excluding carboxylic acids is 2. The van der Waals surface area contributed by atoms with Gasteiger partial charge >= 0.3 is 7.12 Å². The molecule has 3 aromatic rings. The van der Waals surface area contributed by atoms with Crippen LogP contribution in [0.2, 0.25) is 6.32 Å². The van der Waals surface area contributed by atoms with Crippen molar-refractivity contribution < 1.29 is 33.8 Å². The monoisotopic (exact) mass is 739 g/mol. The number of nitrogens with zero attached hydrogens (tertiary/aromatic N) is 1. The number of methoxy groups -OCH3 is 1. The number of imide groups is 1. The number of hydrogen-bond acceptors (Lipinski definition) is 8. The maximum atomic E-state index is 13.9. The molecule has 3 heterocycles. The number of allylic oxidation sites excluding steroid dienone is 1. The molecule has 4 atom stereocenters. The van der Waals surface area contributed by atoms with Crippen LogP contribution in [0, 0.1) is 21.3 Å². The summed E-state index contributed by atoms with van der Waals surface area (Å²) >= 11 is 3.61. The second-order valence-electron chi connectivity index (χ2n) is 11.8. The highest BCUT2D eigenvalue weighted by molar-refractivity contribution is 14.1. The molecule has 2 aliphatic heterocycles. The Balaban J connectivity index is 1.29. The minimum Gasteiger partial charge on any atom is -0.504 e. The fourth-order valence-electron chi connectivity index (χ4n) is 6.91. The number of halogens is 1. The van der Waals surface area contributed by atoms with Crippen LogP contribution in [0.3, 0.4) is 0 Å². The van der Waals surface area contributed by atoms with Crippen molar-refractivity contribution in [2.75, 3.05) is 13.7 Å². The van der Waals surface area contributed by atoms with E-state index in [1.54, 1.807) is 6.07 Å². The first-order chi connectivity index (χ1) is 21.7. The maximum absolute atomic E-state index is 13.9. The first kappa shape index (κ1) is 31.8. The van der Waals surface area contributed by atoms with Crippen molar-refractivity contribution in [2.45, 2.75) is 45.2 Å². The zero-order chi connectivity index (χ0) is 31.7. The van der Waals surface area contributed by atoms with E-state index in [9.17, 15) is 19.7 Å². The molecule has 6 rings (SSSR count). The standard InChI is InChI=1S/C34H35BINO7S/c1-20(13-21-14-27(36)32(38)29(15-21)42-2)10-11-28-30-22(19-43-23-7-4-3-5-8-23)16-25-31(26(30)17-35(41)44-28)34(40)37(33(25)39)18-24-9-6-12-45-24/h3-9,12-15,25-26,28,31,38,41H,10-11,16-19H2,1-2H3/b20-13+/t25-,26+,28-,31-/m1/s1. The Labute approximate surface area is 281 Å². The van der Waals surface area contributed by atoms with Gasteiger partial charge in [0.1, 0.15) is 12.4 Å². The number of carbonyl (C=O) groups is 2. The Bertz CT molecular complexity index is 1630. The van der Waals surface area contributed by atoms with Crippen molar-refractivity contribution >= 4 is 58.9 Å². The molecule has 45 heavy (non-hydrogen) atoms. The molecular formula is C34H35BINO7S. The summed E-state index contributed by atoms with van der Waals surface area (Å²) in [5, 5.41) is 23.1. The molecule has 3 aliphatic rings. The number of hydrogen-bond donors (Lipinski definition) is 2. The summed E-state index contributed by atoms with van der Waals surface area (Å²) in [5.41, 5.74) is 3.96. The number of likely N-dealkylation sites (tertiary alicyclic amines) is 1. The smallest absolute Gasteiger partial charge is 0.455 e. The predicted molar refractivity (Wildman–Crippen MR) is 182 cm³/mol. The summed E-state index contributed by atoms with van der Waals surface area (Å²) in [6, 6.07) is 17.1. The number of phenolic OH excluding ortho intramolecular Hbond substituents is 1. The number of aromatic hydroxyl groups is 1. The summed E-state index contributed by atoms with van der Waals surface area (Å²) in [4.78, 5) is 30.0. The van der Waals surface area contributed by atoms with E-state index in [1.165, 1.54) is 23.3 Å². The molecule has 2 fully saturated rings. The van der Waals surface area contributed by atoms with E-state index < -0.39 is 25.1 Å². The molecular weight excluding hydrogens is 704 g/mol. The van der Waals surface area contributed by atoms with Crippen molar-refractivity contribution in [3.63, 3.8) is 0 Å². The molecule has 0 unspecified atom stereocenters. The van der Waals surface area contributed by atoms with Gasteiger partial charge in [0.2, 0.25) is 11.8 Å². The molecule has 2 N–H and O–H groups in total. The summed E-state index contributed by atoms with van der Waals surface area (Å²) in [7, 11) is 0.486. The molecule has 2 aromatic carbocycles. The number of phenols is 1. The van der Waals surface area contributed by atoms with Gasteiger partial charge in [0.15, 0.2) is 11.5 Å². The van der Waals surface area contributed by atoms with Gasteiger partial charge in [0.05, 0.1) is 35.2 Å². The number of para-hydroxylation sites is 1. The van der Waals surface area contributed by atoms with Crippen molar-refractivity contribution in [2.24, 2.45) is 17.8 Å². The first-order valence-corrected chi connectivity index (χ1v) is 17.0. The van der Waals surface area contributed by atoms with Crippen molar-refractivity contribution in [1.29, 1.82) is 0 Å². The lowest BCUT2D eigenvalue weighted by atomic mass is 9.58. The highest BCUT2D eigenvalue weighted by Gasteiger charge is 2.57. The van der Waals surface area contributed by atoms with Gasteiger partial charge < -0.3 is 24.3 Å². The van der Waals surface area contributed by atoms with Gasteiger partial charge in [-0.05, 0) is 113 Å². The lowest BCUT2D eigenvalue weighted by Crippen LogP contribution is -2.46. The van der Waals surface area contributed by atoms with E-state index in [0.29, 0.717) is 28.6 Å². The average molecular weight is 739 g/mol. The van der Waals surface area contributed by atoms with E-state index in [0.717, 1.165) is 32.9 Å². The molecule has 0 spiro atoms. The van der Waals surface area contributed by atoms with E-state index in [1.807, 2.05) is 66.9 Å². The summed E-state index contributed by atoms with van der Waals surface area (Å²) in [6.45, 7) is 2.59. The van der Waals surface area contributed by atoms with E-state index in [4.69, 9.17) is 14.1 Å². The summed E-state index contributed by atoms with van der Waals surface area (Å²) in [5.74, 6) is -0.389. The maximum Gasteiger partial charge on any atom is 0.455 e. The third-order valence-electron chi connectivity index (χ3n) is 8.93. The summed E-state index contributed by atoms with van der Waals surface area (Å²) < 4.78 is 18.4. The largest absolute Gasteiger partial charge is 0.504 e. The third-order valence-corrected chi connectivity index (χ3v) is 10.6. The van der Waals surface area contributed by atoms with Crippen molar-refractivity contribution in [3.05, 3.63) is 90.7 Å². The Morgan fingerprint density at radius 3 is 2.69 bits per heavy atom. The fraction of sp³-hybridized carbons (Fsp3) is 0.353. The topological polar surface area (TPSA) is 106 Å². The second-order valence-corrected chi connectivity index (χ2v) is 14.0. The van der Waals surface area contributed by atoms with Crippen LogP contribution >= 0.6 is 33.9 Å². The van der Waals surface area contributed by atoms with Crippen LogP contribution in [0.25, 0.3) is 6.08 Å². The first-order valence-electron chi connectivity index (χ1n) is 15.1. The highest BCUT2D eigenvalue weighted by Crippen LogP contribution is 2.51. The molecule has 234 valence electrons. The van der Waals surface area contributed by atoms with Gasteiger partial charge in [-0.1, -0.05) is 35.9 Å². The Morgan fingerprint density at radius 1 is 1.16 bits per heavy atom. The highest BCUT2D eigenvalue weighted by atomic mass is 127. The number of amides is 2. The van der Waals surface area contributed by atoms with E-state index in [-0.39, 0.29) is 43.0 Å². The number of benzene rings is 2. The van der Waals surface area contributed by atoms with Gasteiger partial charge in [-0.15, -0.1) is 11.3 Å². The van der Waals surface area contributed by atoms with Crippen molar-refractivity contribution in [1.82, 2.24) is 4.90 Å². The molecule has 11 heteroatoms. The average Bonchev–Trinajstić information content (AvgIpc) is 3.63. The number of rotatable bonds is 10. The van der Waals surface area contributed by atoms with Crippen LogP contribution in [0.5, 0.6) is 17.2 Å². The molecule has 0 radical (unpaired) electrons. The number of fused-ring (bicyclic) bond motifs is 3. The van der Waals surface area contributed by atoms with Gasteiger partial charge in [-0.2, -0.15) is 0 Å². The lowest BCUT2D eigenvalue weighted by Gasteiger charge is -2.43. The van der Waals surface area contributed by atoms with Crippen LogP contribution in [0.1, 0.15) is 36.6 Å². The zero-order valence-electron chi connectivity index (χ0n) is 25.1. The van der Waals surface area contributed by atoms with Gasteiger partial charge in [0, 0.05) is 4.88 Å². The van der Waals surface area contributed by atoms with Crippen LogP contribution in [0.15, 0.2) is 76.7 Å². The molecule has 0 bridgehead atoms. The molecule has 1 aliphatic carbocycles. The van der Waals surface area contributed by atoms with E-state index in [2.05, 4.69) is 22.6 Å². The van der Waals surface area contributed by atoms with Crippen LogP contribution in [-0.2, 0) is 20.8 Å². The molecule has 2 amide bonds. The lowest BCUT2D eigenvalue weighted by molar-refractivity contribution is -0.140.